The van der Waals surface area contributed by atoms with Crippen LogP contribution in [0.5, 0.6) is 0 Å². The van der Waals surface area contributed by atoms with E-state index in [4.69, 9.17) is 5.11 Å². The van der Waals surface area contributed by atoms with E-state index in [9.17, 15) is 9.59 Å². The highest BCUT2D eigenvalue weighted by Crippen LogP contribution is 2.14. The van der Waals surface area contributed by atoms with E-state index in [1.54, 1.807) is 20.8 Å². The topological polar surface area (TPSA) is 63.6 Å². The molecule has 0 heterocycles. The van der Waals surface area contributed by atoms with E-state index in [0.717, 1.165) is 0 Å². The molecule has 4 nitrogen and oxygen atoms in total. The molecule has 0 spiro atoms. The molecule has 0 rings (SSSR count). The Balaban J connectivity index is 3.81. The van der Waals surface area contributed by atoms with Crippen molar-refractivity contribution in [1.82, 2.24) is 0 Å². The van der Waals surface area contributed by atoms with Gasteiger partial charge in [0.25, 0.3) is 0 Å². The minimum absolute atomic E-state index is 0.341. The maximum Gasteiger partial charge on any atom is 0.311 e. The Hall–Kier alpha value is -0.900. The molecule has 70 valence electrons. The lowest BCUT2D eigenvalue weighted by molar-refractivity contribution is -0.156. The molecule has 4 heteroatoms. The van der Waals surface area contributed by atoms with Crippen molar-refractivity contribution in [2.45, 2.75) is 20.8 Å². The lowest BCUT2D eigenvalue weighted by Crippen LogP contribution is -2.26. The number of carbonyl (C=O) groups excluding carboxylic acids is 2. The Morgan fingerprint density at radius 2 is 1.83 bits per heavy atom. The number of ether oxygens (including phenoxy) is 1. The fraction of sp³-hybridized carbons (Fsp3) is 0.750. The number of esters is 1. The summed E-state index contributed by atoms with van der Waals surface area (Å²) in [6, 6.07) is 0. The number of aliphatic hydroxyl groups excluding tert-OH is 1. The molecule has 0 aromatic rings. The second-order valence-corrected chi connectivity index (χ2v) is 3.52. The molecule has 0 bridgehead atoms. The first kappa shape index (κ1) is 11.1. The van der Waals surface area contributed by atoms with E-state index in [1.165, 1.54) is 0 Å². The smallest absolute Gasteiger partial charge is 0.311 e. The zero-order chi connectivity index (χ0) is 9.78. The van der Waals surface area contributed by atoms with Crippen molar-refractivity contribution in [3.8, 4) is 0 Å². The number of ketones is 1. The van der Waals surface area contributed by atoms with E-state index < -0.39 is 23.8 Å². The first-order chi connectivity index (χ1) is 5.38. The first-order valence-corrected chi connectivity index (χ1v) is 3.67. The highest BCUT2D eigenvalue weighted by Gasteiger charge is 2.23. The van der Waals surface area contributed by atoms with Crippen LogP contribution in [0.3, 0.4) is 0 Å². The number of aliphatic hydroxyl groups is 1. The molecule has 0 fully saturated rings. The molecular weight excluding hydrogens is 160 g/mol. The van der Waals surface area contributed by atoms with Crippen molar-refractivity contribution < 1.29 is 19.4 Å². The van der Waals surface area contributed by atoms with Gasteiger partial charge in [-0.1, -0.05) is 0 Å². The van der Waals surface area contributed by atoms with Crippen molar-refractivity contribution in [3.05, 3.63) is 0 Å². The quantitative estimate of drug-likeness (QED) is 0.618. The fourth-order valence-corrected chi connectivity index (χ4v) is 0.408. The standard InChI is InChI=1S/C8H14O4/c1-8(2,3)7(11)12-5-6(10)4-9/h9H,4-5H2,1-3H3. The van der Waals surface area contributed by atoms with E-state index in [0.29, 0.717) is 0 Å². The minimum atomic E-state index is -0.601. The number of Topliss-reactive ketones (excluding diaryl/α,β-unsaturated/α-hetero) is 1. The van der Waals surface area contributed by atoms with Crippen LogP contribution in [0.4, 0.5) is 0 Å². The van der Waals surface area contributed by atoms with E-state index in [-0.39, 0.29) is 6.61 Å². The fourth-order valence-electron chi connectivity index (χ4n) is 0.408. The molecule has 0 unspecified atom stereocenters. The van der Waals surface area contributed by atoms with E-state index >= 15 is 0 Å². The maximum atomic E-state index is 11.0. The molecule has 0 radical (unpaired) electrons. The van der Waals surface area contributed by atoms with Crippen LogP contribution in [0.2, 0.25) is 0 Å². The molecule has 0 saturated heterocycles. The highest BCUT2D eigenvalue weighted by molar-refractivity contribution is 5.84. The molecule has 0 atom stereocenters. The third kappa shape index (κ3) is 4.08. The lowest BCUT2D eigenvalue weighted by Gasteiger charge is -2.15. The summed E-state index contributed by atoms with van der Waals surface area (Å²) >= 11 is 0. The third-order valence-corrected chi connectivity index (χ3v) is 1.15. The molecule has 1 N–H and O–H groups in total. The molecule has 0 aromatic heterocycles. The SMILES string of the molecule is CC(C)(C)C(=O)OCC(=O)CO. The molecule has 0 aliphatic heterocycles. The van der Waals surface area contributed by atoms with Gasteiger partial charge in [0.15, 0.2) is 12.4 Å². The van der Waals surface area contributed by atoms with Crippen molar-refractivity contribution in [2.24, 2.45) is 5.41 Å². The second-order valence-electron chi connectivity index (χ2n) is 3.52. The van der Waals surface area contributed by atoms with Crippen molar-refractivity contribution in [3.63, 3.8) is 0 Å². The normalized spacial score (nSPS) is 11.0. The largest absolute Gasteiger partial charge is 0.457 e. The summed E-state index contributed by atoms with van der Waals surface area (Å²) in [6.07, 6.45) is 0. The molecule has 0 amide bonds. The van der Waals surface area contributed by atoms with Crippen molar-refractivity contribution in [1.29, 1.82) is 0 Å². The van der Waals surface area contributed by atoms with Crippen LogP contribution in [0.15, 0.2) is 0 Å². The van der Waals surface area contributed by atoms with Gasteiger partial charge in [-0.3, -0.25) is 9.59 Å². The van der Waals surface area contributed by atoms with Crippen LogP contribution in [0.25, 0.3) is 0 Å². The average molecular weight is 174 g/mol. The van der Waals surface area contributed by atoms with Gasteiger partial charge in [-0.15, -0.1) is 0 Å². The van der Waals surface area contributed by atoms with Gasteiger partial charge >= 0.3 is 5.97 Å². The Bertz CT molecular complexity index is 178. The minimum Gasteiger partial charge on any atom is -0.457 e. The van der Waals surface area contributed by atoms with Crippen LogP contribution in [0, 0.1) is 5.41 Å². The van der Waals surface area contributed by atoms with Gasteiger partial charge < -0.3 is 9.84 Å². The number of hydrogen-bond acceptors (Lipinski definition) is 4. The lowest BCUT2D eigenvalue weighted by atomic mass is 9.97. The summed E-state index contributed by atoms with van der Waals surface area (Å²) in [5, 5.41) is 8.31. The monoisotopic (exact) mass is 174 g/mol. The molecule has 0 aliphatic rings. The van der Waals surface area contributed by atoms with Gasteiger partial charge in [0.2, 0.25) is 0 Å². The van der Waals surface area contributed by atoms with Crippen LogP contribution in [-0.4, -0.2) is 30.1 Å². The number of hydrogen-bond donors (Lipinski definition) is 1. The van der Waals surface area contributed by atoms with E-state index in [2.05, 4.69) is 4.74 Å². The molecule has 12 heavy (non-hydrogen) atoms. The summed E-state index contributed by atoms with van der Waals surface area (Å²) in [5.74, 6) is -0.933. The van der Waals surface area contributed by atoms with Crippen molar-refractivity contribution in [2.75, 3.05) is 13.2 Å². The van der Waals surface area contributed by atoms with Gasteiger partial charge in [0.1, 0.15) is 6.61 Å². The summed E-state index contributed by atoms with van der Waals surface area (Å²) in [6.45, 7) is 4.15. The zero-order valence-corrected chi connectivity index (χ0v) is 7.59. The van der Waals surface area contributed by atoms with Gasteiger partial charge in [-0.2, -0.15) is 0 Å². The summed E-state index contributed by atoms with van der Waals surface area (Å²) in [5.41, 5.74) is -0.601. The second kappa shape index (κ2) is 4.21. The van der Waals surface area contributed by atoms with Gasteiger partial charge in [-0.05, 0) is 20.8 Å². The Morgan fingerprint density at radius 3 is 2.17 bits per heavy atom. The predicted molar refractivity (Wildman–Crippen MR) is 42.5 cm³/mol. The van der Waals surface area contributed by atoms with Crippen LogP contribution in [-0.2, 0) is 14.3 Å². The van der Waals surface area contributed by atoms with Gasteiger partial charge in [0.05, 0.1) is 5.41 Å². The average Bonchev–Trinajstić information content (AvgIpc) is 1.97. The summed E-state index contributed by atoms with van der Waals surface area (Å²) in [4.78, 5) is 21.5. The van der Waals surface area contributed by atoms with Crippen LogP contribution < -0.4 is 0 Å². The van der Waals surface area contributed by atoms with Crippen LogP contribution in [0.1, 0.15) is 20.8 Å². The highest BCUT2D eigenvalue weighted by atomic mass is 16.5. The van der Waals surface area contributed by atoms with E-state index in [1.807, 2.05) is 0 Å². The number of carbonyl (C=O) groups is 2. The van der Waals surface area contributed by atoms with Gasteiger partial charge in [-0.25, -0.2) is 0 Å². The van der Waals surface area contributed by atoms with Crippen molar-refractivity contribution >= 4 is 11.8 Å². The third-order valence-electron chi connectivity index (χ3n) is 1.15. The molecule has 0 aliphatic carbocycles. The molecule has 0 saturated carbocycles. The molecule has 0 aromatic carbocycles. The predicted octanol–water partition coefficient (Wildman–Crippen LogP) is 0.137. The Labute approximate surface area is 71.5 Å². The van der Waals surface area contributed by atoms with Gasteiger partial charge in [0, 0.05) is 0 Å². The summed E-state index contributed by atoms with van der Waals surface area (Å²) < 4.78 is 4.61. The van der Waals surface area contributed by atoms with Crippen LogP contribution >= 0.6 is 0 Å². The maximum absolute atomic E-state index is 11.0. The Kier molecular flexibility index (Phi) is 3.89. The Morgan fingerprint density at radius 1 is 1.33 bits per heavy atom. The molecular formula is C8H14O4. The first-order valence-electron chi connectivity index (χ1n) is 3.67. The summed E-state index contributed by atoms with van der Waals surface area (Å²) in [7, 11) is 0. The number of rotatable bonds is 3. The zero-order valence-electron chi connectivity index (χ0n) is 7.59.